The van der Waals surface area contributed by atoms with E-state index in [2.05, 4.69) is 4.98 Å². The molecule has 21 heavy (non-hydrogen) atoms. The van der Waals surface area contributed by atoms with Gasteiger partial charge in [-0.05, 0) is 25.1 Å². The highest BCUT2D eigenvalue weighted by atomic mass is 16.5. The fourth-order valence-electron chi connectivity index (χ4n) is 1.99. The molecule has 106 valence electrons. The van der Waals surface area contributed by atoms with Crippen molar-refractivity contribution >= 4 is 11.6 Å². The summed E-state index contributed by atoms with van der Waals surface area (Å²) in [5, 5.41) is 0. The molecule has 0 N–H and O–H groups in total. The Bertz CT molecular complexity index is 863. The van der Waals surface area contributed by atoms with Gasteiger partial charge in [0, 0.05) is 12.3 Å². The molecule has 0 saturated heterocycles. The molecule has 0 unspecified atom stereocenters. The van der Waals surface area contributed by atoms with Crippen molar-refractivity contribution in [2.75, 3.05) is 0 Å². The van der Waals surface area contributed by atoms with Crippen LogP contribution in [-0.4, -0.2) is 15.4 Å². The van der Waals surface area contributed by atoms with Crippen molar-refractivity contribution < 1.29 is 13.9 Å². The van der Waals surface area contributed by atoms with Gasteiger partial charge in [-0.1, -0.05) is 6.07 Å². The topological polar surface area (TPSA) is 73.8 Å². The van der Waals surface area contributed by atoms with Gasteiger partial charge in [-0.2, -0.15) is 0 Å². The van der Waals surface area contributed by atoms with Crippen LogP contribution < -0.4 is 5.56 Å². The third-order valence-electron chi connectivity index (χ3n) is 3.05. The molecule has 6 heteroatoms. The average molecular weight is 284 g/mol. The molecule has 0 fully saturated rings. The van der Waals surface area contributed by atoms with Crippen LogP contribution in [0.4, 0.5) is 0 Å². The normalized spacial score (nSPS) is 10.7. The summed E-state index contributed by atoms with van der Waals surface area (Å²) < 4.78 is 11.6. The Morgan fingerprint density at radius 2 is 2.24 bits per heavy atom. The maximum Gasteiger partial charge on any atom is 0.342 e. The van der Waals surface area contributed by atoms with Crippen LogP contribution in [0, 0.1) is 6.92 Å². The minimum absolute atomic E-state index is 0.0654. The first-order chi connectivity index (χ1) is 10.1. The highest BCUT2D eigenvalue weighted by Crippen LogP contribution is 2.11. The molecule has 6 nitrogen and oxygen atoms in total. The van der Waals surface area contributed by atoms with E-state index in [-0.39, 0.29) is 12.2 Å². The summed E-state index contributed by atoms with van der Waals surface area (Å²) in [6, 6.07) is 8.14. The molecule has 0 saturated carbocycles. The molecule has 0 amide bonds. The number of pyridine rings is 1. The van der Waals surface area contributed by atoms with Crippen molar-refractivity contribution in [2.24, 2.45) is 0 Å². The van der Waals surface area contributed by atoms with Gasteiger partial charge in [0.05, 0.1) is 12.0 Å². The van der Waals surface area contributed by atoms with Crippen molar-refractivity contribution in [3.63, 3.8) is 0 Å². The van der Waals surface area contributed by atoms with Gasteiger partial charge in [0.15, 0.2) is 0 Å². The smallest absolute Gasteiger partial charge is 0.342 e. The second-order valence-electron chi connectivity index (χ2n) is 4.48. The highest BCUT2D eigenvalue weighted by molar-refractivity contribution is 5.90. The number of ether oxygens (including phenoxy) is 1. The SMILES string of the molecule is Cc1occc1C(=O)OCc1cc(=O)n2ccccc2n1. The molecule has 0 spiro atoms. The number of esters is 1. The number of hydrogen-bond donors (Lipinski definition) is 0. The quantitative estimate of drug-likeness (QED) is 0.687. The third kappa shape index (κ3) is 2.55. The lowest BCUT2D eigenvalue weighted by Crippen LogP contribution is -2.16. The zero-order valence-corrected chi connectivity index (χ0v) is 11.3. The van der Waals surface area contributed by atoms with E-state index in [1.165, 1.54) is 16.7 Å². The lowest BCUT2D eigenvalue weighted by molar-refractivity contribution is 0.0465. The molecular weight excluding hydrogens is 272 g/mol. The molecule has 0 atom stereocenters. The summed E-state index contributed by atoms with van der Waals surface area (Å²) in [5.74, 6) is -0.0112. The zero-order chi connectivity index (χ0) is 14.8. The fourth-order valence-corrected chi connectivity index (χ4v) is 1.99. The molecular formula is C15H12N2O4. The molecule has 3 rings (SSSR count). The van der Waals surface area contributed by atoms with Gasteiger partial charge in [0.1, 0.15) is 23.6 Å². The summed E-state index contributed by atoms with van der Waals surface area (Å²) in [5.41, 5.74) is 1.06. The van der Waals surface area contributed by atoms with Gasteiger partial charge in [-0.25, -0.2) is 9.78 Å². The van der Waals surface area contributed by atoms with E-state index < -0.39 is 5.97 Å². The number of rotatable bonds is 3. The van der Waals surface area contributed by atoms with Gasteiger partial charge in [-0.15, -0.1) is 0 Å². The number of hydrogen-bond acceptors (Lipinski definition) is 5. The predicted molar refractivity (Wildman–Crippen MR) is 74.0 cm³/mol. The van der Waals surface area contributed by atoms with Crippen molar-refractivity contribution in [3.05, 3.63) is 70.2 Å². The summed E-state index contributed by atoms with van der Waals surface area (Å²) in [4.78, 5) is 28.0. The fraction of sp³-hybridized carbons (Fsp3) is 0.133. The zero-order valence-electron chi connectivity index (χ0n) is 11.3. The standard InChI is InChI=1S/C15H12N2O4/c1-10-12(5-7-20-10)15(19)21-9-11-8-14(18)17-6-3-2-4-13(17)16-11/h2-8H,9H2,1H3. The van der Waals surface area contributed by atoms with Crippen LogP contribution in [0.3, 0.4) is 0 Å². The minimum Gasteiger partial charge on any atom is -0.469 e. The maximum absolute atomic E-state index is 11.9. The summed E-state index contributed by atoms with van der Waals surface area (Å²) in [6.07, 6.45) is 3.06. The van der Waals surface area contributed by atoms with Gasteiger partial charge >= 0.3 is 5.97 Å². The summed E-state index contributed by atoms with van der Waals surface area (Å²) in [6.45, 7) is 1.61. The minimum atomic E-state index is -0.503. The molecule has 0 aliphatic carbocycles. The Hall–Kier alpha value is -2.89. The van der Waals surface area contributed by atoms with Crippen LogP contribution >= 0.6 is 0 Å². The molecule has 0 aromatic carbocycles. The molecule has 0 aliphatic heterocycles. The van der Waals surface area contributed by atoms with Crippen LogP contribution in [0.15, 0.2) is 52.0 Å². The largest absolute Gasteiger partial charge is 0.469 e. The monoisotopic (exact) mass is 284 g/mol. The van der Waals surface area contributed by atoms with Crippen molar-refractivity contribution in [1.82, 2.24) is 9.38 Å². The van der Waals surface area contributed by atoms with Gasteiger partial charge < -0.3 is 9.15 Å². The molecule has 0 bridgehead atoms. The molecule has 0 radical (unpaired) electrons. The Kier molecular flexibility index (Phi) is 3.27. The lowest BCUT2D eigenvalue weighted by atomic mass is 10.3. The number of aromatic nitrogens is 2. The first-order valence-electron chi connectivity index (χ1n) is 6.34. The second kappa shape index (κ2) is 5.24. The average Bonchev–Trinajstić information content (AvgIpc) is 2.91. The molecule has 3 heterocycles. The van der Waals surface area contributed by atoms with E-state index in [9.17, 15) is 9.59 Å². The van der Waals surface area contributed by atoms with Crippen molar-refractivity contribution in [1.29, 1.82) is 0 Å². The van der Waals surface area contributed by atoms with E-state index >= 15 is 0 Å². The van der Waals surface area contributed by atoms with E-state index in [1.807, 2.05) is 0 Å². The van der Waals surface area contributed by atoms with E-state index in [0.717, 1.165) is 0 Å². The maximum atomic E-state index is 11.9. The molecule has 3 aromatic rings. The number of carbonyl (C=O) groups is 1. The van der Waals surface area contributed by atoms with Crippen LogP contribution in [0.1, 0.15) is 21.8 Å². The Labute approximate surface area is 119 Å². The number of nitrogens with zero attached hydrogens (tertiary/aromatic N) is 2. The third-order valence-corrected chi connectivity index (χ3v) is 3.05. The number of aryl methyl sites for hydroxylation is 1. The van der Waals surface area contributed by atoms with Crippen LogP contribution in [0.5, 0.6) is 0 Å². The molecule has 3 aromatic heterocycles. The lowest BCUT2D eigenvalue weighted by Gasteiger charge is -2.05. The van der Waals surface area contributed by atoms with Crippen molar-refractivity contribution in [3.8, 4) is 0 Å². The van der Waals surface area contributed by atoms with Gasteiger partial charge in [0.2, 0.25) is 0 Å². The van der Waals surface area contributed by atoms with Crippen LogP contribution in [0.25, 0.3) is 5.65 Å². The van der Waals surface area contributed by atoms with Crippen molar-refractivity contribution in [2.45, 2.75) is 13.5 Å². The Morgan fingerprint density at radius 3 is 3.00 bits per heavy atom. The Morgan fingerprint density at radius 1 is 1.38 bits per heavy atom. The Balaban J connectivity index is 1.81. The van der Waals surface area contributed by atoms with E-state index in [4.69, 9.17) is 9.15 Å². The number of carbonyl (C=O) groups excluding carboxylic acids is 1. The summed E-state index contributed by atoms with van der Waals surface area (Å²) >= 11 is 0. The van der Waals surface area contributed by atoms with Gasteiger partial charge in [-0.3, -0.25) is 9.20 Å². The number of furan rings is 1. The second-order valence-corrected chi connectivity index (χ2v) is 4.48. The van der Waals surface area contributed by atoms with Crippen LogP contribution in [0.2, 0.25) is 0 Å². The predicted octanol–water partition coefficient (Wildman–Crippen LogP) is 1.95. The van der Waals surface area contributed by atoms with Gasteiger partial charge in [0.25, 0.3) is 5.56 Å². The highest BCUT2D eigenvalue weighted by Gasteiger charge is 2.13. The summed E-state index contributed by atoms with van der Waals surface area (Å²) in [7, 11) is 0. The van der Waals surface area contributed by atoms with E-state index in [1.54, 1.807) is 37.4 Å². The van der Waals surface area contributed by atoms with E-state index in [0.29, 0.717) is 22.7 Å². The number of fused-ring (bicyclic) bond motifs is 1. The van der Waals surface area contributed by atoms with Crippen LogP contribution in [-0.2, 0) is 11.3 Å². The first-order valence-corrected chi connectivity index (χ1v) is 6.34. The molecule has 0 aliphatic rings. The first kappa shape index (κ1) is 13.1.